The van der Waals surface area contributed by atoms with Crippen LogP contribution in [0.2, 0.25) is 0 Å². The van der Waals surface area contributed by atoms with Crippen molar-refractivity contribution in [3.63, 3.8) is 0 Å². The van der Waals surface area contributed by atoms with Crippen LogP contribution in [0.3, 0.4) is 0 Å². The van der Waals surface area contributed by atoms with Crippen LogP contribution in [0.25, 0.3) is 43.6 Å². The maximum absolute atomic E-state index is 13.3. The summed E-state index contributed by atoms with van der Waals surface area (Å²) >= 11 is 0. The van der Waals surface area contributed by atoms with E-state index in [0.29, 0.717) is 26.0 Å². The minimum Gasteiger partial charge on any atom is -0.354 e. The van der Waals surface area contributed by atoms with Gasteiger partial charge >= 0.3 is 10.3 Å². The van der Waals surface area contributed by atoms with Gasteiger partial charge in [0.2, 0.25) is 0 Å². The second-order valence-corrected chi connectivity index (χ2v) is 8.67. The Hall–Kier alpha value is -3.49. The summed E-state index contributed by atoms with van der Waals surface area (Å²) in [5.74, 6) is 0. The van der Waals surface area contributed by atoms with Crippen molar-refractivity contribution in [2.24, 2.45) is 0 Å². The van der Waals surface area contributed by atoms with Crippen molar-refractivity contribution >= 4 is 53.9 Å². The van der Waals surface area contributed by atoms with Crippen molar-refractivity contribution in [2.75, 3.05) is 0 Å². The zero-order valence-corrected chi connectivity index (χ0v) is 16.9. The Morgan fingerprint density at radius 3 is 2.27 bits per heavy atom. The van der Waals surface area contributed by atoms with Crippen molar-refractivity contribution in [1.82, 2.24) is 8.96 Å². The Morgan fingerprint density at radius 1 is 0.833 bits per heavy atom. The quantitative estimate of drug-likeness (QED) is 0.319. The lowest BCUT2D eigenvalue weighted by molar-refractivity contribution is 0.476. The highest BCUT2D eigenvalue weighted by atomic mass is 32.2. The van der Waals surface area contributed by atoms with Gasteiger partial charge in [-0.25, -0.2) is 3.97 Å². The average molecular weight is 420 g/mol. The van der Waals surface area contributed by atoms with Crippen LogP contribution >= 0.6 is 0 Å². The van der Waals surface area contributed by atoms with E-state index in [0.717, 1.165) is 5.56 Å². The van der Waals surface area contributed by atoms with Gasteiger partial charge in [0, 0.05) is 16.2 Å². The summed E-state index contributed by atoms with van der Waals surface area (Å²) in [5, 5.41) is 0.968. The van der Waals surface area contributed by atoms with E-state index in [1.807, 2.05) is 13.0 Å². The zero-order valence-electron chi connectivity index (χ0n) is 16.1. The fourth-order valence-corrected chi connectivity index (χ4v) is 4.96. The second kappa shape index (κ2) is 6.01. The molecule has 5 aromatic rings. The highest BCUT2D eigenvalue weighted by Gasteiger charge is 2.21. The first-order chi connectivity index (χ1) is 14.2. The Bertz CT molecular complexity index is 1780. The van der Waals surface area contributed by atoms with Crippen LogP contribution in [0.1, 0.15) is 11.1 Å². The van der Waals surface area contributed by atoms with Crippen molar-refractivity contribution in [1.29, 1.82) is 0 Å². The standard InChI is InChI=1S/C22H16N2O5S/c1-11-5-4-8-17-19(11)22(26)15-9-16-14(10-18(15)24(17)30(27,28)29)21(25)13-7-3-6-12(2)20(13)23-16/h3-10H,1-2H3,(H,23,25)(H,27,28,29). The molecule has 8 heteroatoms. The van der Waals surface area contributed by atoms with E-state index in [9.17, 15) is 22.6 Å². The minimum atomic E-state index is -4.75. The molecule has 30 heavy (non-hydrogen) atoms. The number of aryl methyl sites for hydroxylation is 2. The first kappa shape index (κ1) is 18.5. The largest absolute Gasteiger partial charge is 0.364 e. The van der Waals surface area contributed by atoms with E-state index in [1.54, 1.807) is 31.2 Å². The van der Waals surface area contributed by atoms with E-state index in [-0.39, 0.29) is 38.0 Å². The monoisotopic (exact) mass is 420 g/mol. The summed E-state index contributed by atoms with van der Waals surface area (Å²) in [6, 6.07) is 12.9. The minimum absolute atomic E-state index is 0.0504. The van der Waals surface area contributed by atoms with Gasteiger partial charge in [0.25, 0.3) is 0 Å². The number of pyridine rings is 2. The van der Waals surface area contributed by atoms with Gasteiger partial charge in [-0.3, -0.25) is 14.1 Å². The summed E-state index contributed by atoms with van der Waals surface area (Å²) in [6.45, 7) is 3.57. The number of aromatic amines is 1. The topological polar surface area (TPSA) is 109 Å². The molecule has 0 aliphatic heterocycles. The van der Waals surface area contributed by atoms with Crippen LogP contribution in [-0.2, 0) is 10.3 Å². The molecule has 0 aliphatic rings. The Labute approximate surface area is 170 Å². The molecule has 0 bridgehead atoms. The summed E-state index contributed by atoms with van der Waals surface area (Å²) in [6.07, 6.45) is 0. The summed E-state index contributed by atoms with van der Waals surface area (Å²) < 4.78 is 35.3. The first-order valence-corrected chi connectivity index (χ1v) is 10.6. The lowest BCUT2D eigenvalue weighted by Crippen LogP contribution is -2.19. The van der Waals surface area contributed by atoms with E-state index in [1.165, 1.54) is 18.2 Å². The van der Waals surface area contributed by atoms with Crippen molar-refractivity contribution < 1.29 is 13.0 Å². The highest BCUT2D eigenvalue weighted by Crippen LogP contribution is 2.27. The van der Waals surface area contributed by atoms with Crippen LogP contribution in [0.5, 0.6) is 0 Å². The second-order valence-electron chi connectivity index (χ2n) is 7.41. The normalized spacial score (nSPS) is 12.4. The lowest BCUT2D eigenvalue weighted by atomic mass is 10.0. The molecule has 0 saturated carbocycles. The molecule has 2 aromatic heterocycles. The number of benzene rings is 3. The molecule has 0 unspecified atom stereocenters. The number of para-hydroxylation sites is 1. The Kier molecular flexibility index (Phi) is 3.71. The molecule has 2 heterocycles. The van der Waals surface area contributed by atoms with Crippen LogP contribution in [0.4, 0.5) is 0 Å². The van der Waals surface area contributed by atoms with Gasteiger partial charge < -0.3 is 4.98 Å². The third-order valence-corrected chi connectivity index (χ3v) is 6.40. The predicted octanol–water partition coefficient (Wildman–Crippen LogP) is 3.42. The van der Waals surface area contributed by atoms with Gasteiger partial charge in [0.05, 0.1) is 27.5 Å². The van der Waals surface area contributed by atoms with Crippen LogP contribution < -0.4 is 10.9 Å². The maximum Gasteiger partial charge on any atom is 0.364 e. The molecule has 0 fully saturated rings. The van der Waals surface area contributed by atoms with Gasteiger partial charge in [-0.05, 0) is 49.2 Å². The van der Waals surface area contributed by atoms with Crippen molar-refractivity contribution in [2.45, 2.75) is 13.8 Å². The summed E-state index contributed by atoms with van der Waals surface area (Å²) in [4.78, 5) is 29.6. The number of H-pyrrole nitrogens is 1. The third kappa shape index (κ3) is 2.44. The molecule has 0 spiro atoms. The van der Waals surface area contributed by atoms with Crippen molar-refractivity contribution in [3.8, 4) is 0 Å². The van der Waals surface area contributed by atoms with Gasteiger partial charge in [-0.1, -0.05) is 24.3 Å². The summed E-state index contributed by atoms with van der Waals surface area (Å²) in [7, 11) is -4.75. The van der Waals surface area contributed by atoms with E-state index in [2.05, 4.69) is 4.98 Å². The van der Waals surface area contributed by atoms with Crippen LogP contribution in [0.15, 0.2) is 58.1 Å². The molecular weight excluding hydrogens is 404 g/mol. The molecule has 0 atom stereocenters. The molecule has 0 radical (unpaired) electrons. The average Bonchev–Trinajstić information content (AvgIpc) is 2.67. The molecule has 0 aliphatic carbocycles. The molecule has 150 valence electrons. The third-order valence-electron chi connectivity index (χ3n) is 5.55. The number of hydrogen-bond acceptors (Lipinski definition) is 4. The Balaban J connectivity index is 2.15. The number of nitrogens with zero attached hydrogens (tertiary/aromatic N) is 1. The Morgan fingerprint density at radius 2 is 1.53 bits per heavy atom. The van der Waals surface area contributed by atoms with E-state index in [4.69, 9.17) is 0 Å². The molecule has 5 rings (SSSR count). The van der Waals surface area contributed by atoms with Crippen LogP contribution in [0, 0.1) is 13.8 Å². The number of fused-ring (bicyclic) bond motifs is 4. The molecule has 7 nitrogen and oxygen atoms in total. The molecule has 0 amide bonds. The molecule has 3 aromatic carbocycles. The lowest BCUT2D eigenvalue weighted by Gasteiger charge is -2.14. The van der Waals surface area contributed by atoms with Gasteiger partial charge in [0.15, 0.2) is 10.9 Å². The highest BCUT2D eigenvalue weighted by molar-refractivity contribution is 7.84. The SMILES string of the molecule is Cc1cccc2c(=O)c3cc4c(cc3[nH]c12)c(=O)c1c(C)cccc1n4S(=O)(=O)O. The first-order valence-electron chi connectivity index (χ1n) is 9.20. The zero-order chi connectivity index (χ0) is 21.4. The van der Waals surface area contributed by atoms with Gasteiger partial charge in [-0.2, -0.15) is 8.42 Å². The smallest absolute Gasteiger partial charge is 0.354 e. The number of rotatable bonds is 1. The fourth-order valence-electron chi connectivity index (χ4n) is 4.16. The van der Waals surface area contributed by atoms with E-state index >= 15 is 0 Å². The molecule has 2 N–H and O–H groups in total. The van der Waals surface area contributed by atoms with Gasteiger partial charge in [-0.15, -0.1) is 0 Å². The van der Waals surface area contributed by atoms with E-state index < -0.39 is 10.3 Å². The van der Waals surface area contributed by atoms with Gasteiger partial charge in [0.1, 0.15) is 0 Å². The molecular formula is C22H16N2O5S. The van der Waals surface area contributed by atoms with Crippen molar-refractivity contribution in [3.05, 3.63) is 80.1 Å². The van der Waals surface area contributed by atoms with Crippen LogP contribution in [-0.4, -0.2) is 21.9 Å². The number of hydrogen-bond donors (Lipinski definition) is 2. The maximum atomic E-state index is 13.3. The fraction of sp³-hybridized carbons (Fsp3) is 0.0909. The number of aromatic nitrogens is 2. The summed E-state index contributed by atoms with van der Waals surface area (Å²) in [5.41, 5.74) is 1.88. The number of nitrogens with one attached hydrogen (secondary N) is 1. The molecule has 0 saturated heterocycles. The predicted molar refractivity (Wildman–Crippen MR) is 118 cm³/mol.